The van der Waals surface area contributed by atoms with E-state index >= 15 is 0 Å². The highest BCUT2D eigenvalue weighted by Crippen LogP contribution is 2.22. The lowest BCUT2D eigenvalue weighted by Crippen LogP contribution is -1.95. The molecule has 14 heavy (non-hydrogen) atoms. The number of fused-ring (bicyclic) bond motifs is 1. The number of anilines is 1. The number of hydrogen-bond donors (Lipinski definition) is 1. The van der Waals surface area contributed by atoms with Crippen LogP contribution in [0.2, 0.25) is 0 Å². The number of benzene rings is 1. The Morgan fingerprint density at radius 3 is 2.93 bits per heavy atom. The molecule has 2 aromatic rings. The van der Waals surface area contributed by atoms with Crippen molar-refractivity contribution in [2.24, 2.45) is 0 Å². The predicted molar refractivity (Wildman–Crippen MR) is 61.3 cm³/mol. The van der Waals surface area contributed by atoms with Gasteiger partial charge in [-0.1, -0.05) is 19.4 Å². The molecule has 1 heterocycles. The fraction of sp³-hybridized carbons (Fsp3) is 0.333. The van der Waals surface area contributed by atoms with E-state index in [2.05, 4.69) is 29.8 Å². The Morgan fingerprint density at radius 2 is 2.14 bits per heavy atom. The minimum Gasteiger partial charge on any atom is -0.398 e. The number of rotatable bonds is 3. The van der Waals surface area contributed by atoms with Crippen LogP contribution in [0.25, 0.3) is 10.9 Å². The standard InChI is InChI=1S/C12H16N2/c1-2-3-8-14-9-7-10-11(13)5-4-6-12(10)14/h4-7,9H,2-3,8,13H2,1H3. The summed E-state index contributed by atoms with van der Waals surface area (Å²) in [4.78, 5) is 0. The molecule has 0 fully saturated rings. The molecule has 0 atom stereocenters. The zero-order valence-electron chi connectivity index (χ0n) is 8.53. The molecule has 2 nitrogen and oxygen atoms in total. The minimum absolute atomic E-state index is 0.873. The number of aromatic nitrogens is 1. The highest BCUT2D eigenvalue weighted by molar-refractivity contribution is 5.91. The van der Waals surface area contributed by atoms with Crippen LogP contribution in [0.15, 0.2) is 30.5 Å². The molecule has 0 aliphatic heterocycles. The molecule has 74 valence electrons. The maximum absolute atomic E-state index is 5.88. The van der Waals surface area contributed by atoms with Gasteiger partial charge in [-0.25, -0.2) is 0 Å². The first-order chi connectivity index (χ1) is 6.83. The van der Waals surface area contributed by atoms with E-state index < -0.39 is 0 Å². The summed E-state index contributed by atoms with van der Waals surface area (Å²) in [6.07, 6.45) is 4.57. The maximum atomic E-state index is 5.88. The van der Waals surface area contributed by atoms with E-state index in [0.29, 0.717) is 0 Å². The van der Waals surface area contributed by atoms with Crippen molar-refractivity contribution in [2.45, 2.75) is 26.3 Å². The molecular weight excluding hydrogens is 172 g/mol. The molecule has 2 rings (SSSR count). The van der Waals surface area contributed by atoms with Crippen molar-refractivity contribution in [2.75, 3.05) is 5.73 Å². The van der Waals surface area contributed by atoms with E-state index in [1.807, 2.05) is 12.1 Å². The van der Waals surface area contributed by atoms with E-state index in [0.717, 1.165) is 12.2 Å². The van der Waals surface area contributed by atoms with E-state index in [1.165, 1.54) is 23.7 Å². The number of nitrogens with two attached hydrogens (primary N) is 1. The molecule has 2 N–H and O–H groups in total. The van der Waals surface area contributed by atoms with Crippen molar-refractivity contribution < 1.29 is 0 Å². The second-order valence-electron chi connectivity index (χ2n) is 3.64. The fourth-order valence-corrected chi connectivity index (χ4v) is 1.77. The molecule has 0 radical (unpaired) electrons. The van der Waals surface area contributed by atoms with Gasteiger partial charge in [0.15, 0.2) is 0 Å². The molecule has 0 saturated heterocycles. The first-order valence-electron chi connectivity index (χ1n) is 5.16. The van der Waals surface area contributed by atoms with Crippen LogP contribution in [0.3, 0.4) is 0 Å². The number of aryl methyl sites for hydroxylation is 1. The van der Waals surface area contributed by atoms with Crippen LogP contribution in [0.5, 0.6) is 0 Å². The Kier molecular flexibility index (Phi) is 2.44. The number of nitrogen functional groups attached to an aromatic ring is 1. The Morgan fingerprint density at radius 1 is 1.29 bits per heavy atom. The van der Waals surface area contributed by atoms with Gasteiger partial charge in [0.05, 0.1) is 5.52 Å². The van der Waals surface area contributed by atoms with Crippen molar-refractivity contribution in [3.8, 4) is 0 Å². The van der Waals surface area contributed by atoms with Gasteiger partial charge in [-0.3, -0.25) is 0 Å². The number of hydrogen-bond acceptors (Lipinski definition) is 1. The summed E-state index contributed by atoms with van der Waals surface area (Å²) in [7, 11) is 0. The van der Waals surface area contributed by atoms with Gasteiger partial charge >= 0.3 is 0 Å². The second kappa shape index (κ2) is 3.74. The number of unbranched alkanes of at least 4 members (excludes halogenated alkanes) is 1. The van der Waals surface area contributed by atoms with Crippen LogP contribution in [0, 0.1) is 0 Å². The van der Waals surface area contributed by atoms with Gasteiger partial charge in [0, 0.05) is 23.8 Å². The molecule has 0 saturated carbocycles. The van der Waals surface area contributed by atoms with Gasteiger partial charge in [0.1, 0.15) is 0 Å². The predicted octanol–water partition coefficient (Wildman–Crippen LogP) is 3.02. The van der Waals surface area contributed by atoms with Crippen LogP contribution in [-0.2, 0) is 6.54 Å². The third-order valence-electron chi connectivity index (χ3n) is 2.60. The van der Waals surface area contributed by atoms with Gasteiger partial charge < -0.3 is 10.3 Å². The maximum Gasteiger partial charge on any atom is 0.0501 e. The SMILES string of the molecule is CCCCn1ccc2c(N)cccc21. The van der Waals surface area contributed by atoms with Crippen molar-refractivity contribution in [3.63, 3.8) is 0 Å². The van der Waals surface area contributed by atoms with Crippen LogP contribution < -0.4 is 5.73 Å². The zero-order valence-corrected chi connectivity index (χ0v) is 8.53. The normalized spacial score (nSPS) is 10.9. The minimum atomic E-state index is 0.873. The van der Waals surface area contributed by atoms with E-state index in [4.69, 9.17) is 5.73 Å². The summed E-state index contributed by atoms with van der Waals surface area (Å²) in [6.45, 7) is 3.30. The first-order valence-corrected chi connectivity index (χ1v) is 5.16. The van der Waals surface area contributed by atoms with Gasteiger partial charge in [-0.2, -0.15) is 0 Å². The fourth-order valence-electron chi connectivity index (χ4n) is 1.77. The molecule has 0 unspecified atom stereocenters. The van der Waals surface area contributed by atoms with Crippen molar-refractivity contribution >= 4 is 16.6 Å². The van der Waals surface area contributed by atoms with Gasteiger partial charge in [-0.05, 0) is 24.6 Å². The molecule has 0 bridgehead atoms. The van der Waals surface area contributed by atoms with E-state index in [-0.39, 0.29) is 0 Å². The summed E-state index contributed by atoms with van der Waals surface area (Å²) >= 11 is 0. The lowest BCUT2D eigenvalue weighted by molar-refractivity contribution is 0.650. The van der Waals surface area contributed by atoms with E-state index in [1.54, 1.807) is 0 Å². The van der Waals surface area contributed by atoms with E-state index in [9.17, 15) is 0 Å². The lowest BCUT2D eigenvalue weighted by atomic mass is 10.2. The van der Waals surface area contributed by atoms with Gasteiger partial charge in [0.2, 0.25) is 0 Å². The third-order valence-corrected chi connectivity index (χ3v) is 2.60. The lowest BCUT2D eigenvalue weighted by Gasteiger charge is -2.04. The smallest absolute Gasteiger partial charge is 0.0501 e. The highest BCUT2D eigenvalue weighted by Gasteiger charge is 2.01. The second-order valence-corrected chi connectivity index (χ2v) is 3.64. The largest absolute Gasteiger partial charge is 0.398 e. The molecule has 2 heteroatoms. The van der Waals surface area contributed by atoms with Crippen LogP contribution in [0.4, 0.5) is 5.69 Å². The van der Waals surface area contributed by atoms with Crippen LogP contribution >= 0.6 is 0 Å². The number of nitrogens with zero attached hydrogens (tertiary/aromatic N) is 1. The van der Waals surface area contributed by atoms with Crippen molar-refractivity contribution in [3.05, 3.63) is 30.5 Å². The quantitative estimate of drug-likeness (QED) is 0.737. The Balaban J connectivity index is 2.42. The molecule has 0 aliphatic rings. The van der Waals surface area contributed by atoms with Crippen molar-refractivity contribution in [1.29, 1.82) is 0 Å². The zero-order chi connectivity index (χ0) is 9.97. The van der Waals surface area contributed by atoms with Crippen LogP contribution in [-0.4, -0.2) is 4.57 Å². The molecule has 1 aromatic heterocycles. The van der Waals surface area contributed by atoms with Gasteiger partial charge in [0.25, 0.3) is 0 Å². The Labute approximate surface area is 84.3 Å². The summed E-state index contributed by atoms with van der Waals surface area (Å²) in [5.41, 5.74) is 8.01. The molecule has 1 aromatic carbocycles. The molecule has 0 spiro atoms. The highest BCUT2D eigenvalue weighted by atomic mass is 14.9. The third kappa shape index (κ3) is 1.48. The molecular formula is C12H16N2. The summed E-state index contributed by atoms with van der Waals surface area (Å²) in [5.74, 6) is 0. The summed E-state index contributed by atoms with van der Waals surface area (Å²) in [6, 6.07) is 8.19. The summed E-state index contributed by atoms with van der Waals surface area (Å²) in [5, 5.41) is 1.17. The Bertz CT molecular complexity index is 429. The summed E-state index contributed by atoms with van der Waals surface area (Å²) < 4.78 is 2.27. The van der Waals surface area contributed by atoms with Crippen molar-refractivity contribution in [1.82, 2.24) is 4.57 Å². The average Bonchev–Trinajstić information content (AvgIpc) is 2.60. The molecule has 0 aliphatic carbocycles. The van der Waals surface area contributed by atoms with Gasteiger partial charge in [-0.15, -0.1) is 0 Å². The topological polar surface area (TPSA) is 30.9 Å². The monoisotopic (exact) mass is 188 g/mol. The van der Waals surface area contributed by atoms with Crippen LogP contribution in [0.1, 0.15) is 19.8 Å². The molecule has 0 amide bonds. The first kappa shape index (κ1) is 9.13. The average molecular weight is 188 g/mol. The Hall–Kier alpha value is -1.44.